The normalized spacial score (nSPS) is 16.4. The minimum absolute atomic E-state index is 0.0858. The van der Waals surface area contributed by atoms with Crippen LogP contribution < -0.4 is 9.47 Å². The fourth-order valence-corrected chi connectivity index (χ4v) is 4.06. The van der Waals surface area contributed by atoms with Gasteiger partial charge in [0.25, 0.3) is 0 Å². The number of aromatic nitrogens is 1. The molecule has 1 aromatic heterocycles. The molecule has 1 N–H and O–H groups in total. The fraction of sp³-hybridized carbons (Fsp3) is 0.320. The molecule has 2 aromatic carbocycles. The van der Waals surface area contributed by atoms with Crippen LogP contribution in [-0.2, 0) is 11.2 Å². The van der Waals surface area contributed by atoms with Crippen molar-refractivity contribution in [3.05, 3.63) is 66.4 Å². The largest absolute Gasteiger partial charge is 0.497 e. The van der Waals surface area contributed by atoms with Crippen LogP contribution in [0.2, 0.25) is 0 Å². The Morgan fingerprint density at radius 3 is 2.35 bits per heavy atom. The maximum absolute atomic E-state index is 11.2. The predicted molar refractivity (Wildman–Crippen MR) is 120 cm³/mol. The summed E-state index contributed by atoms with van der Waals surface area (Å²) in [6.45, 7) is 2.00. The Balaban J connectivity index is 1.64. The number of hydrogen-bond acceptors (Lipinski definition) is 4. The lowest BCUT2D eigenvalue weighted by Gasteiger charge is -2.17. The van der Waals surface area contributed by atoms with Crippen LogP contribution in [0.25, 0.3) is 16.9 Å². The van der Waals surface area contributed by atoms with Crippen LogP contribution in [0.4, 0.5) is 0 Å². The summed E-state index contributed by atoms with van der Waals surface area (Å²) in [7, 11) is 3.76. The Morgan fingerprint density at radius 1 is 1.03 bits per heavy atom. The summed E-state index contributed by atoms with van der Waals surface area (Å²) >= 11 is 0. The van der Waals surface area contributed by atoms with Gasteiger partial charge in [-0.25, -0.2) is 0 Å². The molecule has 31 heavy (non-hydrogen) atoms. The molecule has 0 aliphatic carbocycles. The van der Waals surface area contributed by atoms with E-state index < -0.39 is 5.97 Å². The molecule has 0 bridgehead atoms. The van der Waals surface area contributed by atoms with Crippen molar-refractivity contribution in [1.82, 2.24) is 9.47 Å². The average Bonchev–Trinajstić information content (AvgIpc) is 3.39. The summed E-state index contributed by atoms with van der Waals surface area (Å²) in [5.41, 5.74) is 3.98. The Bertz CT molecular complexity index is 1020. The van der Waals surface area contributed by atoms with Gasteiger partial charge in [-0.3, -0.25) is 4.79 Å². The Labute approximate surface area is 182 Å². The van der Waals surface area contributed by atoms with E-state index in [0.29, 0.717) is 6.42 Å². The van der Waals surface area contributed by atoms with E-state index in [-0.39, 0.29) is 12.5 Å². The van der Waals surface area contributed by atoms with Crippen molar-refractivity contribution in [3.8, 4) is 28.4 Å². The van der Waals surface area contributed by atoms with Gasteiger partial charge in [0.15, 0.2) is 0 Å². The lowest BCUT2D eigenvalue weighted by Crippen LogP contribution is -2.21. The highest BCUT2D eigenvalue weighted by Gasteiger charge is 2.21. The van der Waals surface area contributed by atoms with Gasteiger partial charge in [-0.15, -0.1) is 0 Å². The van der Waals surface area contributed by atoms with Crippen LogP contribution >= 0.6 is 0 Å². The molecule has 1 fully saturated rings. The van der Waals surface area contributed by atoms with E-state index in [1.54, 1.807) is 7.11 Å². The van der Waals surface area contributed by atoms with E-state index in [4.69, 9.17) is 14.6 Å². The minimum Gasteiger partial charge on any atom is -0.497 e. The highest BCUT2D eigenvalue weighted by Crippen LogP contribution is 2.30. The molecule has 2 heterocycles. The zero-order valence-corrected chi connectivity index (χ0v) is 18.0. The Hall–Kier alpha value is -3.25. The number of benzene rings is 2. The number of likely N-dealkylation sites (N-methyl/N-ethyl adjacent to an activating group) is 1. The van der Waals surface area contributed by atoms with Crippen LogP contribution in [0.1, 0.15) is 18.5 Å². The molecule has 1 unspecified atom stereocenters. The van der Waals surface area contributed by atoms with Crippen molar-refractivity contribution in [3.63, 3.8) is 0 Å². The summed E-state index contributed by atoms with van der Waals surface area (Å²) in [5.74, 6) is 0.852. The zero-order valence-electron chi connectivity index (χ0n) is 18.0. The van der Waals surface area contributed by atoms with Gasteiger partial charge >= 0.3 is 5.97 Å². The minimum atomic E-state index is -0.802. The van der Waals surface area contributed by atoms with Crippen molar-refractivity contribution in [2.75, 3.05) is 27.2 Å². The van der Waals surface area contributed by atoms with E-state index >= 15 is 0 Å². The molecular weight excluding hydrogens is 392 g/mol. The molecule has 1 aliphatic heterocycles. The first-order chi connectivity index (χ1) is 15.0. The number of rotatable bonds is 8. The van der Waals surface area contributed by atoms with Crippen LogP contribution in [0, 0.1) is 0 Å². The molecule has 0 radical (unpaired) electrons. The average molecular weight is 421 g/mol. The second kappa shape index (κ2) is 9.27. The number of likely N-dealkylation sites (tertiary alicyclic amines) is 1. The van der Waals surface area contributed by atoms with Gasteiger partial charge in [0.05, 0.1) is 19.2 Å². The maximum atomic E-state index is 11.2. The van der Waals surface area contributed by atoms with Crippen molar-refractivity contribution in [2.45, 2.75) is 25.4 Å². The molecule has 6 nitrogen and oxygen atoms in total. The van der Waals surface area contributed by atoms with Gasteiger partial charge < -0.3 is 24.0 Å². The van der Waals surface area contributed by atoms with Crippen molar-refractivity contribution in [1.29, 1.82) is 0 Å². The molecule has 1 atom stereocenters. The number of methoxy groups -OCH3 is 1. The molecule has 0 spiro atoms. The monoisotopic (exact) mass is 420 g/mol. The van der Waals surface area contributed by atoms with Crippen LogP contribution in [0.5, 0.6) is 11.5 Å². The fourth-order valence-electron chi connectivity index (χ4n) is 4.06. The van der Waals surface area contributed by atoms with Gasteiger partial charge in [0, 0.05) is 24.5 Å². The third kappa shape index (κ3) is 4.91. The van der Waals surface area contributed by atoms with Gasteiger partial charge in [-0.2, -0.15) is 0 Å². The summed E-state index contributed by atoms with van der Waals surface area (Å²) < 4.78 is 13.5. The standard InChI is InChI=1S/C25H28N2O4/c1-26-16-15-23(17-26)31-22-11-5-19(6-12-22)27-20(8-14-25(28)29)7-13-24(27)18-3-9-21(30-2)10-4-18/h3-7,9-13,23H,8,14-17H2,1-2H3,(H,28,29). The number of carboxylic acid groups (broad SMARTS) is 1. The topological polar surface area (TPSA) is 63.9 Å². The van der Waals surface area contributed by atoms with E-state index in [0.717, 1.165) is 53.6 Å². The van der Waals surface area contributed by atoms with E-state index in [1.165, 1.54) is 0 Å². The van der Waals surface area contributed by atoms with E-state index in [1.807, 2.05) is 60.7 Å². The summed E-state index contributed by atoms with van der Waals surface area (Å²) in [4.78, 5) is 13.4. The predicted octanol–water partition coefficient (Wildman–Crippen LogP) is 4.25. The SMILES string of the molecule is COc1ccc(-c2ccc(CCC(=O)O)n2-c2ccc(OC3CCN(C)C3)cc2)cc1. The van der Waals surface area contributed by atoms with Gasteiger partial charge in [0.2, 0.25) is 0 Å². The third-order valence-electron chi connectivity index (χ3n) is 5.69. The van der Waals surface area contributed by atoms with Crippen molar-refractivity contribution in [2.24, 2.45) is 0 Å². The van der Waals surface area contributed by atoms with Gasteiger partial charge in [-0.1, -0.05) is 0 Å². The number of ether oxygens (including phenoxy) is 2. The van der Waals surface area contributed by atoms with Crippen LogP contribution in [0.3, 0.4) is 0 Å². The van der Waals surface area contributed by atoms with Gasteiger partial charge in [0.1, 0.15) is 17.6 Å². The third-order valence-corrected chi connectivity index (χ3v) is 5.69. The molecule has 1 aliphatic rings. The van der Waals surface area contributed by atoms with Crippen molar-refractivity contribution >= 4 is 5.97 Å². The summed E-state index contributed by atoms with van der Waals surface area (Å²) in [6, 6.07) is 20.0. The summed E-state index contributed by atoms with van der Waals surface area (Å²) in [6.07, 6.45) is 1.81. The van der Waals surface area contributed by atoms with E-state index in [2.05, 4.69) is 16.5 Å². The number of aryl methyl sites for hydroxylation is 1. The quantitative estimate of drug-likeness (QED) is 0.590. The number of aliphatic carboxylic acids is 1. The molecule has 0 saturated carbocycles. The molecule has 3 aromatic rings. The smallest absolute Gasteiger partial charge is 0.303 e. The lowest BCUT2D eigenvalue weighted by molar-refractivity contribution is -0.136. The van der Waals surface area contributed by atoms with Gasteiger partial charge in [-0.05, 0) is 86.1 Å². The molecular formula is C25H28N2O4. The molecule has 162 valence electrons. The maximum Gasteiger partial charge on any atom is 0.303 e. The zero-order chi connectivity index (χ0) is 21.8. The Kier molecular flexibility index (Phi) is 6.28. The van der Waals surface area contributed by atoms with Crippen LogP contribution in [0.15, 0.2) is 60.7 Å². The molecule has 0 amide bonds. The van der Waals surface area contributed by atoms with Crippen molar-refractivity contribution < 1.29 is 19.4 Å². The molecule has 6 heteroatoms. The summed E-state index contributed by atoms with van der Waals surface area (Å²) in [5, 5.41) is 9.17. The Morgan fingerprint density at radius 2 is 1.74 bits per heavy atom. The number of carboxylic acids is 1. The number of hydrogen-bond donors (Lipinski definition) is 1. The molecule has 1 saturated heterocycles. The second-order valence-electron chi connectivity index (χ2n) is 7.95. The number of nitrogens with zero attached hydrogens (tertiary/aromatic N) is 2. The van der Waals surface area contributed by atoms with Crippen LogP contribution in [-0.4, -0.2) is 53.9 Å². The molecule has 4 rings (SSSR count). The first-order valence-electron chi connectivity index (χ1n) is 10.6. The first-order valence-corrected chi connectivity index (χ1v) is 10.6. The van der Waals surface area contributed by atoms with E-state index in [9.17, 15) is 4.79 Å². The lowest BCUT2D eigenvalue weighted by atomic mass is 10.1. The first kappa shape index (κ1) is 21.0. The highest BCUT2D eigenvalue weighted by molar-refractivity contribution is 5.68. The highest BCUT2D eigenvalue weighted by atomic mass is 16.5. The number of carbonyl (C=O) groups is 1. The second-order valence-corrected chi connectivity index (χ2v) is 7.95.